The van der Waals surface area contributed by atoms with Gasteiger partial charge >= 0.3 is 17.9 Å². The summed E-state index contributed by atoms with van der Waals surface area (Å²) in [5.74, 6) is -1.79. The Balaban J connectivity index is 2.07. The highest BCUT2D eigenvalue weighted by atomic mass is 16.6. The molecular formula is C22H33N5O5. The Bertz CT molecular complexity index is 847. The molecule has 0 spiro atoms. The molecule has 1 aliphatic carbocycles. The van der Waals surface area contributed by atoms with Gasteiger partial charge in [-0.25, -0.2) is 9.78 Å². The van der Waals surface area contributed by atoms with E-state index in [-0.39, 0.29) is 17.6 Å². The molecule has 1 saturated carbocycles. The quantitative estimate of drug-likeness (QED) is 0.601. The van der Waals surface area contributed by atoms with Gasteiger partial charge in [0.25, 0.3) is 0 Å². The lowest BCUT2D eigenvalue weighted by Crippen LogP contribution is -2.57. The third-order valence-corrected chi connectivity index (χ3v) is 5.02. The van der Waals surface area contributed by atoms with E-state index in [2.05, 4.69) is 20.9 Å². The molecule has 0 unspecified atom stereocenters. The second-order valence-corrected chi connectivity index (χ2v) is 9.25. The van der Waals surface area contributed by atoms with Crippen LogP contribution < -0.4 is 16.0 Å². The average molecular weight is 448 g/mol. The molecule has 1 aromatic heterocycles. The van der Waals surface area contributed by atoms with Crippen molar-refractivity contribution in [2.75, 3.05) is 19.4 Å². The number of hydrogen-bond acceptors (Lipinski definition) is 6. The van der Waals surface area contributed by atoms with Crippen LogP contribution in [-0.4, -0.2) is 65.5 Å². The molecule has 4 amide bonds. The van der Waals surface area contributed by atoms with Gasteiger partial charge in [0.2, 0.25) is 5.91 Å². The minimum atomic E-state index is -0.858. The number of carbonyl (C=O) groups excluding carboxylic acids is 4. The number of aromatic nitrogens is 1. The van der Waals surface area contributed by atoms with Crippen LogP contribution in [0.25, 0.3) is 0 Å². The SMILES string of the molecule is Cc1ccc(NC(=O)C(=O)N[C@H]2CC[C@H](C(=O)N(C)C)C[C@H]2NC(=O)OC(C)(C)C)nc1. The van der Waals surface area contributed by atoms with E-state index < -0.39 is 35.6 Å². The van der Waals surface area contributed by atoms with Gasteiger partial charge in [0, 0.05) is 32.3 Å². The van der Waals surface area contributed by atoms with Crippen LogP contribution in [0.15, 0.2) is 18.3 Å². The fourth-order valence-corrected chi connectivity index (χ4v) is 3.50. The van der Waals surface area contributed by atoms with Gasteiger partial charge in [-0.05, 0) is 58.6 Å². The first-order valence-corrected chi connectivity index (χ1v) is 10.6. The van der Waals surface area contributed by atoms with Crippen molar-refractivity contribution >= 4 is 29.6 Å². The summed E-state index contributed by atoms with van der Waals surface area (Å²) in [6.45, 7) is 7.10. The number of alkyl carbamates (subject to hydrolysis) is 1. The summed E-state index contributed by atoms with van der Waals surface area (Å²) in [7, 11) is 3.35. The molecule has 176 valence electrons. The second-order valence-electron chi connectivity index (χ2n) is 9.25. The fourth-order valence-electron chi connectivity index (χ4n) is 3.50. The lowest BCUT2D eigenvalue weighted by atomic mass is 9.81. The first-order chi connectivity index (χ1) is 14.9. The highest BCUT2D eigenvalue weighted by molar-refractivity contribution is 6.39. The summed E-state index contributed by atoms with van der Waals surface area (Å²) in [6, 6.07) is 2.27. The standard InChI is InChI=1S/C22H33N5O5/c1-13-7-10-17(23-12-13)26-19(29)18(28)24-15-9-8-14(20(30)27(5)6)11-16(15)25-21(31)32-22(2,3)4/h7,10,12,14-16H,8-9,11H2,1-6H3,(H,24,28)(H,25,31)(H,23,26,29)/t14-,15-,16+/m0/s1. The zero-order chi connectivity index (χ0) is 24.1. The number of aryl methyl sites for hydroxylation is 1. The topological polar surface area (TPSA) is 130 Å². The van der Waals surface area contributed by atoms with E-state index in [0.29, 0.717) is 19.3 Å². The van der Waals surface area contributed by atoms with Crippen molar-refractivity contribution in [2.45, 2.75) is 64.6 Å². The summed E-state index contributed by atoms with van der Waals surface area (Å²) < 4.78 is 5.33. The Morgan fingerprint density at radius 3 is 2.28 bits per heavy atom. The third-order valence-electron chi connectivity index (χ3n) is 5.02. The van der Waals surface area contributed by atoms with E-state index in [9.17, 15) is 19.2 Å². The zero-order valence-electron chi connectivity index (χ0n) is 19.5. The number of carbonyl (C=O) groups is 4. The number of ether oxygens (including phenoxy) is 1. The third kappa shape index (κ3) is 7.51. The molecule has 32 heavy (non-hydrogen) atoms. The molecule has 1 heterocycles. The number of nitrogens with zero attached hydrogens (tertiary/aromatic N) is 2. The zero-order valence-corrected chi connectivity index (χ0v) is 19.5. The van der Waals surface area contributed by atoms with E-state index >= 15 is 0 Å². The first-order valence-electron chi connectivity index (χ1n) is 10.6. The minimum absolute atomic E-state index is 0.0473. The molecule has 0 saturated heterocycles. The number of amides is 4. The van der Waals surface area contributed by atoms with Crippen molar-refractivity contribution in [1.82, 2.24) is 20.5 Å². The van der Waals surface area contributed by atoms with E-state index in [1.165, 1.54) is 4.90 Å². The molecule has 1 aliphatic rings. The molecule has 1 aromatic rings. The average Bonchev–Trinajstić information content (AvgIpc) is 2.68. The molecular weight excluding hydrogens is 414 g/mol. The van der Waals surface area contributed by atoms with Crippen molar-refractivity contribution in [3.63, 3.8) is 0 Å². The van der Waals surface area contributed by atoms with Gasteiger partial charge in [-0.3, -0.25) is 14.4 Å². The van der Waals surface area contributed by atoms with E-state index in [4.69, 9.17) is 4.74 Å². The fraction of sp³-hybridized carbons (Fsp3) is 0.591. The van der Waals surface area contributed by atoms with Gasteiger partial charge in [0.05, 0.1) is 6.04 Å². The number of hydrogen-bond donors (Lipinski definition) is 3. The maximum Gasteiger partial charge on any atom is 0.407 e. The van der Waals surface area contributed by atoms with Crippen molar-refractivity contribution in [2.24, 2.45) is 5.92 Å². The van der Waals surface area contributed by atoms with E-state index in [1.54, 1.807) is 53.2 Å². The largest absolute Gasteiger partial charge is 0.444 e. The molecule has 0 radical (unpaired) electrons. The summed E-state index contributed by atoms with van der Waals surface area (Å²) in [4.78, 5) is 55.2. The lowest BCUT2D eigenvalue weighted by Gasteiger charge is -2.37. The van der Waals surface area contributed by atoms with Crippen molar-refractivity contribution in [3.8, 4) is 0 Å². The number of nitrogens with one attached hydrogen (secondary N) is 3. The van der Waals surface area contributed by atoms with Crippen LogP contribution in [0.3, 0.4) is 0 Å². The van der Waals surface area contributed by atoms with Crippen LogP contribution in [0.4, 0.5) is 10.6 Å². The highest BCUT2D eigenvalue weighted by Crippen LogP contribution is 2.26. The Labute approximate surface area is 188 Å². The Kier molecular flexibility index (Phi) is 8.18. The van der Waals surface area contributed by atoms with Crippen molar-refractivity contribution < 1.29 is 23.9 Å². The van der Waals surface area contributed by atoms with Crippen LogP contribution in [-0.2, 0) is 19.1 Å². The van der Waals surface area contributed by atoms with Gasteiger partial charge in [0.1, 0.15) is 11.4 Å². The van der Waals surface area contributed by atoms with Crippen molar-refractivity contribution in [3.05, 3.63) is 23.9 Å². The van der Waals surface area contributed by atoms with Crippen LogP contribution in [0, 0.1) is 12.8 Å². The van der Waals surface area contributed by atoms with Crippen molar-refractivity contribution in [1.29, 1.82) is 0 Å². The number of rotatable bonds is 4. The van der Waals surface area contributed by atoms with E-state index in [1.807, 2.05) is 6.92 Å². The lowest BCUT2D eigenvalue weighted by molar-refractivity contribution is -0.137. The predicted molar refractivity (Wildman–Crippen MR) is 119 cm³/mol. The second kappa shape index (κ2) is 10.4. The number of pyridine rings is 1. The molecule has 3 atom stereocenters. The Hall–Kier alpha value is -3.17. The predicted octanol–water partition coefficient (Wildman–Crippen LogP) is 1.59. The highest BCUT2D eigenvalue weighted by Gasteiger charge is 2.37. The summed E-state index contributed by atoms with van der Waals surface area (Å²) in [5, 5.41) is 7.89. The van der Waals surface area contributed by atoms with Crippen LogP contribution in [0.2, 0.25) is 0 Å². The monoisotopic (exact) mass is 447 g/mol. The molecule has 2 rings (SSSR count). The molecule has 0 bridgehead atoms. The molecule has 0 aliphatic heterocycles. The summed E-state index contributed by atoms with van der Waals surface area (Å²) in [5.41, 5.74) is 0.227. The Morgan fingerprint density at radius 1 is 1.03 bits per heavy atom. The smallest absolute Gasteiger partial charge is 0.407 e. The molecule has 0 aromatic carbocycles. The Morgan fingerprint density at radius 2 is 1.72 bits per heavy atom. The van der Waals surface area contributed by atoms with Gasteiger partial charge < -0.3 is 25.6 Å². The minimum Gasteiger partial charge on any atom is -0.444 e. The first kappa shape index (κ1) is 25.1. The molecule has 10 heteroatoms. The normalized spacial score (nSPS) is 20.6. The van der Waals surface area contributed by atoms with Crippen LogP contribution in [0.1, 0.15) is 45.6 Å². The summed E-state index contributed by atoms with van der Waals surface area (Å²) >= 11 is 0. The summed E-state index contributed by atoms with van der Waals surface area (Å²) in [6.07, 6.45) is 2.20. The van der Waals surface area contributed by atoms with Gasteiger partial charge in [0.15, 0.2) is 0 Å². The maximum absolute atomic E-state index is 12.5. The maximum atomic E-state index is 12.5. The molecule has 10 nitrogen and oxygen atoms in total. The molecule has 1 fully saturated rings. The van der Waals surface area contributed by atoms with Gasteiger partial charge in [-0.15, -0.1) is 0 Å². The van der Waals surface area contributed by atoms with Crippen LogP contribution >= 0.6 is 0 Å². The molecule has 3 N–H and O–H groups in total. The number of anilines is 1. The van der Waals surface area contributed by atoms with Gasteiger partial charge in [-0.2, -0.15) is 0 Å². The van der Waals surface area contributed by atoms with Crippen LogP contribution in [0.5, 0.6) is 0 Å². The van der Waals surface area contributed by atoms with Gasteiger partial charge in [-0.1, -0.05) is 6.07 Å². The van der Waals surface area contributed by atoms with E-state index in [0.717, 1.165) is 5.56 Å².